The molecule has 0 saturated heterocycles. The van der Waals surface area contributed by atoms with Gasteiger partial charge in [0.2, 0.25) is 0 Å². The van der Waals surface area contributed by atoms with Gasteiger partial charge < -0.3 is 5.32 Å². The van der Waals surface area contributed by atoms with E-state index in [1.165, 1.54) is 0 Å². The van der Waals surface area contributed by atoms with Crippen molar-refractivity contribution in [2.45, 2.75) is 6.04 Å². The number of benzene rings is 1. The lowest BCUT2D eigenvalue weighted by molar-refractivity contribution is 0.847. The average molecular weight is 261 g/mol. The zero-order valence-electron chi connectivity index (χ0n) is 11.0. The Morgan fingerprint density at radius 2 is 1.20 bits per heavy atom. The van der Waals surface area contributed by atoms with Gasteiger partial charge in [-0.05, 0) is 36.4 Å². The number of pyridine rings is 2. The van der Waals surface area contributed by atoms with Gasteiger partial charge in [-0.15, -0.1) is 0 Å². The molecule has 98 valence electrons. The maximum Gasteiger partial charge on any atom is 0.111 e. The summed E-state index contributed by atoms with van der Waals surface area (Å²) in [4.78, 5) is 8.90. The molecule has 2 heterocycles. The Morgan fingerprint density at radius 1 is 0.650 bits per heavy atom. The van der Waals surface area contributed by atoms with Crippen molar-refractivity contribution in [1.29, 1.82) is 0 Å². The predicted octanol–water partition coefficient (Wildman–Crippen LogP) is 3.68. The van der Waals surface area contributed by atoms with Crippen LogP contribution < -0.4 is 5.32 Å². The van der Waals surface area contributed by atoms with Crippen LogP contribution in [0, 0.1) is 0 Å². The van der Waals surface area contributed by atoms with Crippen molar-refractivity contribution in [2.75, 3.05) is 5.32 Å². The largest absolute Gasteiger partial charge is 0.372 e. The van der Waals surface area contributed by atoms with Gasteiger partial charge in [-0.3, -0.25) is 9.97 Å². The summed E-state index contributed by atoms with van der Waals surface area (Å²) in [5.41, 5.74) is 2.96. The maximum atomic E-state index is 4.45. The maximum absolute atomic E-state index is 4.45. The molecule has 1 aromatic carbocycles. The Labute approximate surface area is 118 Å². The predicted molar refractivity (Wildman–Crippen MR) is 80.4 cm³/mol. The van der Waals surface area contributed by atoms with Crippen LogP contribution in [0.25, 0.3) is 0 Å². The van der Waals surface area contributed by atoms with Gasteiger partial charge >= 0.3 is 0 Å². The number of aromatic nitrogens is 2. The molecule has 3 nitrogen and oxygen atoms in total. The minimum Gasteiger partial charge on any atom is -0.372 e. The van der Waals surface area contributed by atoms with E-state index in [0.29, 0.717) is 0 Å². The second-order valence-electron chi connectivity index (χ2n) is 4.45. The van der Waals surface area contributed by atoms with E-state index in [1.807, 2.05) is 66.7 Å². The van der Waals surface area contributed by atoms with Crippen LogP contribution in [-0.4, -0.2) is 9.97 Å². The zero-order chi connectivity index (χ0) is 13.6. The molecule has 0 atom stereocenters. The van der Waals surface area contributed by atoms with Crippen LogP contribution in [0.3, 0.4) is 0 Å². The van der Waals surface area contributed by atoms with Crippen LogP contribution in [0.1, 0.15) is 17.4 Å². The fourth-order valence-corrected chi connectivity index (χ4v) is 2.09. The molecule has 0 unspecified atom stereocenters. The van der Waals surface area contributed by atoms with Crippen molar-refractivity contribution in [3.8, 4) is 0 Å². The van der Waals surface area contributed by atoms with E-state index < -0.39 is 0 Å². The molecule has 20 heavy (non-hydrogen) atoms. The molecule has 0 aliphatic rings. The van der Waals surface area contributed by atoms with E-state index in [2.05, 4.69) is 15.3 Å². The average Bonchev–Trinajstić information content (AvgIpc) is 2.55. The van der Waals surface area contributed by atoms with E-state index in [1.54, 1.807) is 12.4 Å². The Hall–Kier alpha value is -2.68. The van der Waals surface area contributed by atoms with Gasteiger partial charge in [-0.25, -0.2) is 0 Å². The summed E-state index contributed by atoms with van der Waals surface area (Å²) in [5, 5.41) is 3.49. The molecule has 0 saturated carbocycles. The Bertz CT molecular complexity index is 599. The lowest BCUT2D eigenvalue weighted by atomic mass is 10.1. The van der Waals surface area contributed by atoms with Gasteiger partial charge in [0.15, 0.2) is 0 Å². The summed E-state index contributed by atoms with van der Waals surface area (Å²) >= 11 is 0. The van der Waals surface area contributed by atoms with Crippen LogP contribution in [0.4, 0.5) is 5.69 Å². The Morgan fingerprint density at radius 3 is 1.70 bits per heavy atom. The van der Waals surface area contributed by atoms with Crippen LogP contribution in [0.15, 0.2) is 79.1 Å². The third-order valence-corrected chi connectivity index (χ3v) is 3.05. The number of para-hydroxylation sites is 1. The SMILES string of the molecule is c1ccc(NC(c2ccccn2)c2ccccn2)cc1. The number of anilines is 1. The smallest absolute Gasteiger partial charge is 0.111 e. The summed E-state index contributed by atoms with van der Waals surface area (Å²) in [6.45, 7) is 0. The van der Waals surface area contributed by atoms with Crippen LogP contribution in [-0.2, 0) is 0 Å². The molecular formula is C17H15N3. The molecule has 0 spiro atoms. The van der Waals surface area contributed by atoms with E-state index in [0.717, 1.165) is 17.1 Å². The molecule has 2 aromatic heterocycles. The summed E-state index contributed by atoms with van der Waals surface area (Å²) in [5.74, 6) is 0. The Balaban J connectivity index is 1.96. The fourth-order valence-electron chi connectivity index (χ4n) is 2.09. The number of hydrogen-bond donors (Lipinski definition) is 1. The van der Waals surface area contributed by atoms with E-state index in [-0.39, 0.29) is 6.04 Å². The minimum atomic E-state index is -0.0557. The van der Waals surface area contributed by atoms with Gasteiger partial charge in [0, 0.05) is 18.1 Å². The molecule has 3 rings (SSSR count). The molecule has 0 amide bonds. The normalized spacial score (nSPS) is 10.4. The highest BCUT2D eigenvalue weighted by Gasteiger charge is 2.15. The zero-order valence-corrected chi connectivity index (χ0v) is 11.0. The number of hydrogen-bond acceptors (Lipinski definition) is 3. The molecule has 0 aliphatic heterocycles. The first-order chi connectivity index (χ1) is 9.93. The van der Waals surface area contributed by atoms with Gasteiger partial charge in [0.1, 0.15) is 6.04 Å². The molecule has 0 fully saturated rings. The number of rotatable bonds is 4. The van der Waals surface area contributed by atoms with Crippen molar-refractivity contribution in [3.05, 3.63) is 90.5 Å². The molecule has 0 aliphatic carbocycles. The summed E-state index contributed by atoms with van der Waals surface area (Å²) < 4.78 is 0. The third kappa shape index (κ3) is 2.83. The second-order valence-corrected chi connectivity index (χ2v) is 4.45. The van der Waals surface area contributed by atoms with E-state index in [9.17, 15) is 0 Å². The highest BCUT2D eigenvalue weighted by Crippen LogP contribution is 2.23. The highest BCUT2D eigenvalue weighted by molar-refractivity contribution is 5.46. The number of nitrogens with zero attached hydrogens (tertiary/aromatic N) is 2. The summed E-state index contributed by atoms with van der Waals surface area (Å²) in [6, 6.07) is 21.9. The fraction of sp³-hybridized carbons (Fsp3) is 0.0588. The molecule has 3 heteroatoms. The van der Waals surface area contributed by atoms with Crippen molar-refractivity contribution in [1.82, 2.24) is 9.97 Å². The van der Waals surface area contributed by atoms with Crippen molar-refractivity contribution in [3.63, 3.8) is 0 Å². The second kappa shape index (κ2) is 5.97. The molecule has 0 radical (unpaired) electrons. The van der Waals surface area contributed by atoms with Gasteiger partial charge in [-0.2, -0.15) is 0 Å². The monoisotopic (exact) mass is 261 g/mol. The van der Waals surface area contributed by atoms with Gasteiger partial charge in [-0.1, -0.05) is 30.3 Å². The van der Waals surface area contributed by atoms with E-state index in [4.69, 9.17) is 0 Å². The van der Waals surface area contributed by atoms with Gasteiger partial charge in [0.25, 0.3) is 0 Å². The van der Waals surface area contributed by atoms with Crippen molar-refractivity contribution < 1.29 is 0 Å². The quantitative estimate of drug-likeness (QED) is 0.778. The first kappa shape index (κ1) is 12.4. The standard InChI is InChI=1S/C17H15N3/c1-2-8-14(9-3-1)20-17(15-10-4-6-12-18-15)16-11-5-7-13-19-16/h1-13,17,20H. The summed E-state index contributed by atoms with van der Waals surface area (Å²) in [6.07, 6.45) is 3.61. The first-order valence-electron chi connectivity index (χ1n) is 6.57. The van der Waals surface area contributed by atoms with Crippen LogP contribution in [0.2, 0.25) is 0 Å². The minimum absolute atomic E-state index is 0.0557. The lowest BCUT2D eigenvalue weighted by Crippen LogP contribution is -2.14. The van der Waals surface area contributed by atoms with Crippen LogP contribution in [0.5, 0.6) is 0 Å². The van der Waals surface area contributed by atoms with Crippen LogP contribution >= 0.6 is 0 Å². The topological polar surface area (TPSA) is 37.8 Å². The molecule has 1 N–H and O–H groups in total. The highest BCUT2D eigenvalue weighted by atomic mass is 15.0. The Kier molecular flexibility index (Phi) is 3.69. The van der Waals surface area contributed by atoms with Gasteiger partial charge in [0.05, 0.1) is 11.4 Å². The third-order valence-electron chi connectivity index (χ3n) is 3.05. The van der Waals surface area contributed by atoms with Crippen molar-refractivity contribution >= 4 is 5.69 Å². The van der Waals surface area contributed by atoms with Crippen molar-refractivity contribution in [2.24, 2.45) is 0 Å². The summed E-state index contributed by atoms with van der Waals surface area (Å²) in [7, 11) is 0. The first-order valence-corrected chi connectivity index (χ1v) is 6.57. The lowest BCUT2D eigenvalue weighted by Gasteiger charge is -2.19. The molecule has 3 aromatic rings. The van der Waals surface area contributed by atoms with E-state index >= 15 is 0 Å². The molecule has 0 bridgehead atoms. The molecular weight excluding hydrogens is 246 g/mol. The number of nitrogens with one attached hydrogen (secondary N) is 1.